The Kier molecular flexibility index (Phi) is 7.30. The number of hydrogen-bond acceptors (Lipinski definition) is 5. The van der Waals surface area contributed by atoms with Gasteiger partial charge in [0.15, 0.2) is 0 Å². The number of ether oxygens (including phenoxy) is 1. The average Bonchev–Trinajstić information content (AvgIpc) is 3.53. The third-order valence-corrected chi connectivity index (χ3v) is 5.67. The molecular weight excluding hydrogens is 446 g/mol. The minimum absolute atomic E-state index is 0.184. The third-order valence-electron chi connectivity index (χ3n) is 5.67. The van der Waals surface area contributed by atoms with E-state index in [2.05, 4.69) is 20.6 Å². The summed E-state index contributed by atoms with van der Waals surface area (Å²) in [4.78, 5) is 36.1. The molecule has 0 atom stereocenters. The van der Waals surface area contributed by atoms with Gasteiger partial charge in [-0.05, 0) is 37.1 Å². The molecule has 0 aliphatic rings. The van der Waals surface area contributed by atoms with E-state index in [9.17, 15) is 9.59 Å². The van der Waals surface area contributed by atoms with Crippen molar-refractivity contribution in [3.05, 3.63) is 72.6 Å². The number of methoxy groups -OCH3 is 1. The molecule has 0 saturated carbocycles. The maximum Gasteiger partial charge on any atom is 0.327 e. The van der Waals surface area contributed by atoms with E-state index in [1.54, 1.807) is 61.5 Å². The summed E-state index contributed by atoms with van der Waals surface area (Å²) in [7, 11) is 3.23. The number of carbonyl (C=O) groups excluding carboxylic acids is 2. The van der Waals surface area contributed by atoms with Crippen molar-refractivity contribution in [2.45, 2.75) is 26.3 Å². The molecule has 1 aromatic carbocycles. The van der Waals surface area contributed by atoms with Crippen LogP contribution in [0.15, 0.2) is 61.3 Å². The summed E-state index contributed by atoms with van der Waals surface area (Å²) in [6.45, 7) is 3.29. The fraction of sp³-hybridized carbons (Fsp3) is 0.280. The van der Waals surface area contributed by atoms with Gasteiger partial charge in [-0.1, -0.05) is 19.1 Å². The molecule has 3 heterocycles. The van der Waals surface area contributed by atoms with E-state index in [0.29, 0.717) is 41.4 Å². The average molecular weight is 476 g/mol. The van der Waals surface area contributed by atoms with Gasteiger partial charge in [0, 0.05) is 38.7 Å². The number of urea groups is 1. The highest BCUT2D eigenvalue weighted by Gasteiger charge is 2.22. The van der Waals surface area contributed by atoms with Crippen LogP contribution in [0.4, 0.5) is 16.3 Å². The zero-order valence-electron chi connectivity index (χ0n) is 20.1. The van der Waals surface area contributed by atoms with Gasteiger partial charge in [-0.3, -0.25) is 14.1 Å². The van der Waals surface area contributed by atoms with Gasteiger partial charge in [0.2, 0.25) is 0 Å². The number of benzene rings is 1. The summed E-state index contributed by atoms with van der Waals surface area (Å²) in [5, 5.41) is 5.83. The fourth-order valence-electron chi connectivity index (χ4n) is 3.84. The molecule has 0 saturated heterocycles. The normalized spacial score (nSPS) is 10.8. The van der Waals surface area contributed by atoms with Crippen LogP contribution in [-0.2, 0) is 13.0 Å². The molecular formula is C25H29N7O3. The van der Waals surface area contributed by atoms with Crippen LogP contribution in [0.25, 0.3) is 5.65 Å². The Hall–Kier alpha value is -4.34. The number of rotatable bonds is 9. The van der Waals surface area contributed by atoms with Crippen molar-refractivity contribution in [2.24, 2.45) is 0 Å². The molecule has 0 spiro atoms. The molecule has 2 N–H and O–H groups in total. The lowest BCUT2D eigenvalue weighted by atomic mass is 10.2. The minimum atomic E-state index is -0.347. The molecule has 3 amide bonds. The number of hydrogen-bond donors (Lipinski definition) is 2. The number of aryl methyl sites for hydroxylation is 2. The van der Waals surface area contributed by atoms with Crippen LogP contribution in [0.5, 0.6) is 5.75 Å². The molecule has 0 bridgehead atoms. The predicted molar refractivity (Wildman–Crippen MR) is 134 cm³/mol. The van der Waals surface area contributed by atoms with Crippen molar-refractivity contribution >= 4 is 29.1 Å². The molecule has 4 rings (SSSR count). The van der Waals surface area contributed by atoms with Gasteiger partial charge in [-0.15, -0.1) is 0 Å². The van der Waals surface area contributed by atoms with Gasteiger partial charge in [0.05, 0.1) is 30.4 Å². The number of aromatic nitrogens is 4. The number of amides is 3. The smallest absolute Gasteiger partial charge is 0.327 e. The molecule has 0 fully saturated rings. The van der Waals surface area contributed by atoms with E-state index in [0.717, 1.165) is 18.7 Å². The summed E-state index contributed by atoms with van der Waals surface area (Å²) < 4.78 is 9.08. The van der Waals surface area contributed by atoms with Crippen LogP contribution in [0.2, 0.25) is 0 Å². The molecule has 0 radical (unpaired) electrons. The standard InChI is InChI=1S/C25H29N7O3/c1-4-19-24(30(2)25(34)29-20-8-5-6-9-21(20)35-3)32-16-18(10-11-22(32)28-19)23(33)27-12-7-14-31-15-13-26-17-31/h5-6,8-11,13,15-17H,4,7,12,14H2,1-3H3,(H,27,33)(H,29,34). The second-order valence-electron chi connectivity index (χ2n) is 7.98. The monoisotopic (exact) mass is 475 g/mol. The lowest BCUT2D eigenvalue weighted by molar-refractivity contribution is 0.0952. The van der Waals surface area contributed by atoms with Crippen molar-refractivity contribution in [1.82, 2.24) is 24.3 Å². The Morgan fingerprint density at radius 3 is 2.74 bits per heavy atom. The molecule has 0 aliphatic carbocycles. The zero-order chi connectivity index (χ0) is 24.8. The van der Waals surface area contributed by atoms with E-state index in [1.165, 1.54) is 4.90 Å². The Bertz CT molecular complexity index is 1310. The van der Waals surface area contributed by atoms with E-state index in [-0.39, 0.29) is 11.9 Å². The maximum atomic E-state index is 13.1. The molecule has 0 aliphatic heterocycles. The van der Waals surface area contributed by atoms with Crippen LogP contribution in [0, 0.1) is 0 Å². The second kappa shape index (κ2) is 10.7. The maximum absolute atomic E-state index is 13.1. The summed E-state index contributed by atoms with van der Waals surface area (Å²) in [6, 6.07) is 10.4. The summed E-state index contributed by atoms with van der Waals surface area (Å²) in [6.07, 6.45) is 8.50. The van der Waals surface area contributed by atoms with E-state index < -0.39 is 0 Å². The van der Waals surface area contributed by atoms with E-state index in [1.807, 2.05) is 29.8 Å². The van der Waals surface area contributed by atoms with Crippen molar-refractivity contribution in [3.8, 4) is 5.75 Å². The van der Waals surface area contributed by atoms with Crippen LogP contribution in [0.1, 0.15) is 29.4 Å². The van der Waals surface area contributed by atoms with Gasteiger partial charge in [-0.2, -0.15) is 0 Å². The number of nitrogens with one attached hydrogen (secondary N) is 2. The van der Waals surface area contributed by atoms with Gasteiger partial charge in [-0.25, -0.2) is 14.8 Å². The SMILES string of the molecule is CCc1nc2ccc(C(=O)NCCCn3ccnc3)cn2c1N(C)C(=O)Nc1ccccc1OC. The summed E-state index contributed by atoms with van der Waals surface area (Å²) >= 11 is 0. The highest BCUT2D eigenvalue weighted by atomic mass is 16.5. The van der Waals surface area contributed by atoms with Gasteiger partial charge < -0.3 is 19.9 Å². The van der Waals surface area contributed by atoms with E-state index in [4.69, 9.17) is 4.74 Å². The van der Waals surface area contributed by atoms with Crippen molar-refractivity contribution < 1.29 is 14.3 Å². The largest absolute Gasteiger partial charge is 0.495 e. The first-order chi connectivity index (χ1) is 17.0. The highest BCUT2D eigenvalue weighted by Crippen LogP contribution is 2.26. The van der Waals surface area contributed by atoms with Crippen molar-refractivity contribution in [2.75, 3.05) is 30.9 Å². The van der Waals surface area contributed by atoms with Crippen LogP contribution >= 0.6 is 0 Å². The van der Waals surface area contributed by atoms with Gasteiger partial charge in [0.1, 0.15) is 17.2 Å². The fourth-order valence-corrected chi connectivity index (χ4v) is 3.84. The lowest BCUT2D eigenvalue weighted by Gasteiger charge is -2.20. The van der Waals surface area contributed by atoms with Crippen molar-refractivity contribution in [3.63, 3.8) is 0 Å². The molecule has 0 unspecified atom stereocenters. The third kappa shape index (κ3) is 5.26. The predicted octanol–water partition coefficient (Wildman–Crippen LogP) is 3.59. The minimum Gasteiger partial charge on any atom is -0.495 e. The Labute approximate surface area is 203 Å². The van der Waals surface area contributed by atoms with Gasteiger partial charge >= 0.3 is 6.03 Å². The number of nitrogens with zero attached hydrogens (tertiary/aromatic N) is 5. The molecule has 3 aromatic heterocycles. The molecule has 10 nitrogen and oxygen atoms in total. The van der Waals surface area contributed by atoms with E-state index >= 15 is 0 Å². The molecule has 10 heteroatoms. The van der Waals surface area contributed by atoms with Crippen molar-refractivity contribution in [1.29, 1.82) is 0 Å². The first-order valence-electron chi connectivity index (χ1n) is 11.4. The Morgan fingerprint density at radius 1 is 1.17 bits per heavy atom. The molecule has 4 aromatic rings. The molecule has 182 valence electrons. The highest BCUT2D eigenvalue weighted by molar-refractivity contribution is 6.02. The van der Waals surface area contributed by atoms with Crippen LogP contribution in [0.3, 0.4) is 0 Å². The van der Waals surface area contributed by atoms with Gasteiger partial charge in [0.25, 0.3) is 5.91 Å². The number of imidazole rings is 2. The lowest BCUT2D eigenvalue weighted by Crippen LogP contribution is -2.33. The number of fused-ring (bicyclic) bond motifs is 1. The Balaban J connectivity index is 1.52. The first-order valence-corrected chi connectivity index (χ1v) is 11.4. The zero-order valence-corrected chi connectivity index (χ0v) is 20.1. The van der Waals surface area contributed by atoms with Crippen LogP contribution in [-0.4, -0.2) is 51.6 Å². The number of pyridine rings is 1. The number of para-hydroxylation sites is 2. The van der Waals surface area contributed by atoms with Crippen LogP contribution < -0.4 is 20.3 Å². The second-order valence-corrected chi connectivity index (χ2v) is 7.98. The quantitative estimate of drug-likeness (QED) is 0.360. The summed E-state index contributed by atoms with van der Waals surface area (Å²) in [5.41, 5.74) is 2.46. The Morgan fingerprint density at radius 2 is 2.00 bits per heavy atom. The first kappa shape index (κ1) is 23.8. The topological polar surface area (TPSA) is 106 Å². The summed E-state index contributed by atoms with van der Waals surface area (Å²) in [5.74, 6) is 0.983. The number of carbonyl (C=O) groups is 2. The number of anilines is 2. The molecule has 35 heavy (non-hydrogen) atoms.